The molecule has 0 aliphatic carbocycles. The summed E-state index contributed by atoms with van der Waals surface area (Å²) in [5.74, 6) is -1.97. The molecule has 150 valence electrons. The molecule has 0 saturated heterocycles. The number of nitrogens with one attached hydrogen (secondary N) is 1. The predicted molar refractivity (Wildman–Crippen MR) is 107 cm³/mol. The van der Waals surface area contributed by atoms with E-state index in [0.29, 0.717) is 35.7 Å². The summed E-state index contributed by atoms with van der Waals surface area (Å²) < 4.78 is 0. The maximum atomic E-state index is 12.7. The normalized spacial score (nSPS) is 13.0. The van der Waals surface area contributed by atoms with Gasteiger partial charge in [0.05, 0.1) is 16.7 Å². The number of amides is 3. The van der Waals surface area contributed by atoms with E-state index >= 15 is 0 Å². The van der Waals surface area contributed by atoms with Crippen molar-refractivity contribution in [3.8, 4) is 0 Å². The summed E-state index contributed by atoms with van der Waals surface area (Å²) >= 11 is 0. The summed E-state index contributed by atoms with van der Waals surface area (Å²) in [7, 11) is 0. The zero-order valence-corrected chi connectivity index (χ0v) is 16.5. The number of carboxylic acid groups (broad SMARTS) is 1. The van der Waals surface area contributed by atoms with E-state index < -0.39 is 17.8 Å². The molecule has 29 heavy (non-hydrogen) atoms. The number of carbonyl (C=O) groups excluding carboxylic acids is 3. The number of anilines is 1. The molecular weight excluding hydrogens is 372 g/mol. The van der Waals surface area contributed by atoms with E-state index in [2.05, 4.69) is 5.32 Å². The Morgan fingerprint density at radius 3 is 2.31 bits per heavy atom. The van der Waals surface area contributed by atoms with Crippen molar-refractivity contribution in [1.29, 1.82) is 0 Å². The van der Waals surface area contributed by atoms with Crippen LogP contribution in [0.25, 0.3) is 0 Å². The van der Waals surface area contributed by atoms with Gasteiger partial charge in [-0.3, -0.25) is 19.3 Å². The third kappa shape index (κ3) is 4.03. The monoisotopic (exact) mass is 394 g/mol. The number of aromatic carboxylic acids is 1. The summed E-state index contributed by atoms with van der Waals surface area (Å²) in [6.07, 6.45) is 0.706. The molecule has 3 amide bonds. The van der Waals surface area contributed by atoms with Crippen LogP contribution >= 0.6 is 0 Å². The average molecular weight is 394 g/mol. The third-order valence-corrected chi connectivity index (χ3v) is 4.90. The zero-order chi connectivity index (χ0) is 21.3. The topological polar surface area (TPSA) is 104 Å². The number of benzene rings is 2. The van der Waals surface area contributed by atoms with Crippen molar-refractivity contribution in [2.75, 3.05) is 11.9 Å². The molecule has 2 N–H and O–H groups in total. The first-order chi connectivity index (χ1) is 13.7. The molecule has 0 saturated carbocycles. The van der Waals surface area contributed by atoms with Crippen molar-refractivity contribution < 1.29 is 24.3 Å². The summed E-state index contributed by atoms with van der Waals surface area (Å²) in [6.45, 7) is 6.12. The standard InChI is InChI=1S/C22H22N2O5/c1-12(2)8-9-24-20(26)16-7-6-14(10-17(16)21(24)27)19(25)23-18-11-15(22(28)29)5-4-13(18)3/h4-7,10-12H,8-9H2,1-3H3,(H,23,25)(H,28,29). The molecule has 7 heteroatoms. The second-order valence-electron chi connectivity index (χ2n) is 7.49. The van der Waals surface area contributed by atoms with Crippen LogP contribution in [0.3, 0.4) is 0 Å². The molecule has 1 heterocycles. The van der Waals surface area contributed by atoms with Crippen molar-refractivity contribution in [1.82, 2.24) is 4.90 Å². The molecule has 0 radical (unpaired) electrons. The minimum absolute atomic E-state index is 0.0569. The van der Waals surface area contributed by atoms with E-state index in [1.807, 2.05) is 13.8 Å². The zero-order valence-electron chi connectivity index (χ0n) is 16.5. The number of rotatable bonds is 6. The fraction of sp³-hybridized carbons (Fsp3) is 0.273. The first-order valence-corrected chi connectivity index (χ1v) is 9.34. The lowest BCUT2D eigenvalue weighted by Crippen LogP contribution is -2.31. The lowest BCUT2D eigenvalue weighted by Gasteiger charge is -2.14. The first kappa shape index (κ1) is 20.3. The fourth-order valence-corrected chi connectivity index (χ4v) is 3.11. The van der Waals surface area contributed by atoms with E-state index in [9.17, 15) is 19.2 Å². The lowest BCUT2D eigenvalue weighted by molar-refractivity contribution is 0.0644. The van der Waals surface area contributed by atoms with Gasteiger partial charge < -0.3 is 10.4 Å². The van der Waals surface area contributed by atoms with Crippen LogP contribution < -0.4 is 5.32 Å². The van der Waals surface area contributed by atoms with E-state index in [4.69, 9.17) is 5.11 Å². The summed E-state index contributed by atoms with van der Waals surface area (Å²) in [4.78, 5) is 50.2. The molecule has 0 atom stereocenters. The summed E-state index contributed by atoms with van der Waals surface area (Å²) in [5, 5.41) is 11.8. The van der Waals surface area contributed by atoms with E-state index in [1.54, 1.807) is 13.0 Å². The number of nitrogens with zero attached hydrogens (tertiary/aromatic N) is 1. The van der Waals surface area contributed by atoms with Crippen molar-refractivity contribution in [3.63, 3.8) is 0 Å². The molecule has 7 nitrogen and oxygen atoms in total. The molecule has 2 aromatic rings. The Kier molecular flexibility index (Phi) is 5.50. The first-order valence-electron chi connectivity index (χ1n) is 9.34. The maximum Gasteiger partial charge on any atom is 0.335 e. The highest BCUT2D eigenvalue weighted by atomic mass is 16.4. The van der Waals surface area contributed by atoms with Crippen LogP contribution in [0.15, 0.2) is 36.4 Å². The van der Waals surface area contributed by atoms with Gasteiger partial charge in [0, 0.05) is 17.8 Å². The van der Waals surface area contributed by atoms with Crippen LogP contribution in [0.4, 0.5) is 5.69 Å². The second-order valence-corrected chi connectivity index (χ2v) is 7.49. The number of hydrogen-bond acceptors (Lipinski definition) is 4. The number of carboxylic acids is 1. The summed E-state index contributed by atoms with van der Waals surface area (Å²) in [5.41, 5.74) is 1.85. The molecule has 2 aromatic carbocycles. The predicted octanol–water partition coefficient (Wildman–Crippen LogP) is 3.59. The highest BCUT2D eigenvalue weighted by Gasteiger charge is 2.35. The van der Waals surface area contributed by atoms with Gasteiger partial charge in [0.15, 0.2) is 0 Å². The number of imide groups is 1. The van der Waals surface area contributed by atoms with Crippen molar-refractivity contribution >= 4 is 29.4 Å². The second kappa shape index (κ2) is 7.87. The van der Waals surface area contributed by atoms with Gasteiger partial charge in [-0.05, 0) is 55.2 Å². The van der Waals surface area contributed by atoms with Gasteiger partial charge in [-0.2, -0.15) is 0 Å². The van der Waals surface area contributed by atoms with Crippen molar-refractivity contribution in [3.05, 3.63) is 64.2 Å². The third-order valence-electron chi connectivity index (χ3n) is 4.90. The molecule has 3 rings (SSSR count). The number of aryl methyl sites for hydroxylation is 1. The number of hydrogen-bond donors (Lipinski definition) is 2. The molecule has 1 aliphatic rings. The van der Waals surface area contributed by atoms with Gasteiger partial charge in [0.1, 0.15) is 0 Å². The largest absolute Gasteiger partial charge is 0.478 e. The lowest BCUT2D eigenvalue weighted by atomic mass is 10.0. The van der Waals surface area contributed by atoms with E-state index in [0.717, 1.165) is 0 Å². The molecule has 1 aliphatic heterocycles. The van der Waals surface area contributed by atoms with Crippen LogP contribution in [0, 0.1) is 12.8 Å². The van der Waals surface area contributed by atoms with Gasteiger partial charge >= 0.3 is 5.97 Å². The highest BCUT2D eigenvalue weighted by Crippen LogP contribution is 2.26. The number of carbonyl (C=O) groups is 4. The van der Waals surface area contributed by atoms with E-state index in [1.165, 1.54) is 35.2 Å². The van der Waals surface area contributed by atoms with Crippen molar-refractivity contribution in [2.24, 2.45) is 5.92 Å². The van der Waals surface area contributed by atoms with Gasteiger partial charge in [-0.25, -0.2) is 4.79 Å². The van der Waals surface area contributed by atoms with Gasteiger partial charge in [0.2, 0.25) is 0 Å². The van der Waals surface area contributed by atoms with Crippen LogP contribution in [0.2, 0.25) is 0 Å². The Hall–Kier alpha value is -3.48. The number of fused-ring (bicyclic) bond motifs is 1. The van der Waals surface area contributed by atoms with Crippen LogP contribution in [0.1, 0.15) is 67.3 Å². The highest BCUT2D eigenvalue weighted by molar-refractivity contribution is 6.22. The molecular formula is C22H22N2O5. The Labute approximate surface area is 168 Å². The Morgan fingerprint density at radius 1 is 1.00 bits per heavy atom. The quantitative estimate of drug-likeness (QED) is 0.729. The summed E-state index contributed by atoms with van der Waals surface area (Å²) in [6, 6.07) is 8.83. The smallest absolute Gasteiger partial charge is 0.335 e. The molecule has 0 spiro atoms. The SMILES string of the molecule is Cc1ccc(C(=O)O)cc1NC(=O)c1ccc2c(c1)C(=O)N(CCC(C)C)C2=O. The Balaban J connectivity index is 1.84. The van der Waals surface area contributed by atoms with Crippen molar-refractivity contribution in [2.45, 2.75) is 27.2 Å². The minimum atomic E-state index is -1.09. The Morgan fingerprint density at radius 2 is 1.66 bits per heavy atom. The minimum Gasteiger partial charge on any atom is -0.478 e. The van der Waals surface area contributed by atoms with Crippen LogP contribution in [-0.4, -0.2) is 40.2 Å². The van der Waals surface area contributed by atoms with Crippen LogP contribution in [0.5, 0.6) is 0 Å². The average Bonchev–Trinajstić information content (AvgIpc) is 2.91. The Bertz CT molecular complexity index is 1030. The van der Waals surface area contributed by atoms with Gasteiger partial charge in [-0.1, -0.05) is 19.9 Å². The fourth-order valence-electron chi connectivity index (χ4n) is 3.11. The van der Waals surface area contributed by atoms with Gasteiger partial charge in [0.25, 0.3) is 17.7 Å². The molecule has 0 bridgehead atoms. The van der Waals surface area contributed by atoms with Gasteiger partial charge in [-0.15, -0.1) is 0 Å². The maximum absolute atomic E-state index is 12.7. The van der Waals surface area contributed by atoms with Crippen LogP contribution in [-0.2, 0) is 0 Å². The molecule has 0 aromatic heterocycles. The van der Waals surface area contributed by atoms with E-state index in [-0.39, 0.29) is 22.6 Å². The molecule has 0 fully saturated rings. The molecule has 0 unspecified atom stereocenters.